The lowest BCUT2D eigenvalue weighted by atomic mass is 10.1. The Balaban J connectivity index is 1.99. The molecule has 1 aliphatic rings. The van der Waals surface area contributed by atoms with Crippen LogP contribution in [0.1, 0.15) is 25.0 Å². The van der Waals surface area contributed by atoms with Gasteiger partial charge in [-0.3, -0.25) is 0 Å². The van der Waals surface area contributed by atoms with Crippen molar-refractivity contribution in [2.45, 2.75) is 19.4 Å². The van der Waals surface area contributed by atoms with Gasteiger partial charge in [-0.2, -0.15) is 0 Å². The maximum absolute atomic E-state index is 9.42. The van der Waals surface area contributed by atoms with Crippen LogP contribution in [0.2, 0.25) is 0 Å². The summed E-state index contributed by atoms with van der Waals surface area (Å²) < 4.78 is 5.18. The number of aromatic nitrogens is 1. The molecule has 1 N–H and O–H groups in total. The molecular weight excluding hydrogens is 216 g/mol. The molecule has 4 nitrogen and oxygen atoms in total. The molecule has 0 amide bonds. The zero-order valence-corrected chi connectivity index (χ0v) is 10.5. The largest absolute Gasteiger partial charge is 0.389 e. The summed E-state index contributed by atoms with van der Waals surface area (Å²) in [7, 11) is 1.75. The third-order valence-corrected chi connectivity index (χ3v) is 3.27. The minimum Gasteiger partial charge on any atom is -0.389 e. The summed E-state index contributed by atoms with van der Waals surface area (Å²) >= 11 is 0. The van der Waals surface area contributed by atoms with E-state index < -0.39 is 6.10 Å². The molecule has 17 heavy (non-hydrogen) atoms. The molecule has 2 atom stereocenters. The Kier molecular flexibility index (Phi) is 3.97. The number of hydrogen-bond acceptors (Lipinski definition) is 4. The fraction of sp³-hybridized carbons (Fsp3) is 0.615. The van der Waals surface area contributed by atoms with Gasteiger partial charge in [0.05, 0.1) is 12.7 Å². The highest BCUT2D eigenvalue weighted by Gasteiger charge is 2.23. The number of nitrogens with zero attached hydrogens (tertiary/aromatic N) is 2. The molecule has 94 valence electrons. The molecule has 4 heteroatoms. The number of hydrogen-bond donors (Lipinski definition) is 1. The van der Waals surface area contributed by atoms with E-state index in [1.165, 1.54) is 0 Å². The zero-order valence-electron chi connectivity index (χ0n) is 10.5. The van der Waals surface area contributed by atoms with Crippen LogP contribution >= 0.6 is 0 Å². The molecule has 0 radical (unpaired) electrons. The SMILES string of the molecule is COCC1CCN(c2ccc(C(C)O)cn2)C1. The van der Waals surface area contributed by atoms with Crippen molar-refractivity contribution in [2.75, 3.05) is 31.7 Å². The van der Waals surface area contributed by atoms with Crippen LogP contribution in [0.4, 0.5) is 5.82 Å². The van der Waals surface area contributed by atoms with Crippen molar-refractivity contribution in [3.8, 4) is 0 Å². The number of aliphatic hydroxyl groups is 1. The molecule has 0 spiro atoms. The summed E-state index contributed by atoms with van der Waals surface area (Å²) in [4.78, 5) is 6.67. The van der Waals surface area contributed by atoms with Crippen LogP contribution in [0.25, 0.3) is 0 Å². The Hall–Kier alpha value is -1.13. The van der Waals surface area contributed by atoms with Gasteiger partial charge in [-0.1, -0.05) is 6.07 Å². The van der Waals surface area contributed by atoms with Crippen LogP contribution in [0.15, 0.2) is 18.3 Å². The molecule has 1 aliphatic heterocycles. The van der Waals surface area contributed by atoms with Crippen molar-refractivity contribution in [3.05, 3.63) is 23.9 Å². The van der Waals surface area contributed by atoms with Gasteiger partial charge in [0, 0.05) is 32.3 Å². The smallest absolute Gasteiger partial charge is 0.128 e. The quantitative estimate of drug-likeness (QED) is 0.862. The topological polar surface area (TPSA) is 45.6 Å². The summed E-state index contributed by atoms with van der Waals surface area (Å²) in [6.07, 6.45) is 2.47. The van der Waals surface area contributed by atoms with Crippen molar-refractivity contribution >= 4 is 5.82 Å². The highest BCUT2D eigenvalue weighted by molar-refractivity contribution is 5.40. The second-order valence-electron chi connectivity index (χ2n) is 4.68. The normalized spacial score (nSPS) is 21.8. The molecule has 1 aromatic heterocycles. The van der Waals surface area contributed by atoms with E-state index in [0.29, 0.717) is 5.92 Å². The predicted octanol–water partition coefficient (Wildman–Crippen LogP) is 1.61. The Morgan fingerprint density at radius 3 is 3.00 bits per heavy atom. The first kappa shape index (κ1) is 12.3. The number of methoxy groups -OCH3 is 1. The van der Waals surface area contributed by atoms with Gasteiger partial charge in [0.2, 0.25) is 0 Å². The van der Waals surface area contributed by atoms with Gasteiger partial charge in [0.25, 0.3) is 0 Å². The molecule has 0 saturated carbocycles. The van der Waals surface area contributed by atoms with Crippen LogP contribution in [0.5, 0.6) is 0 Å². The van der Waals surface area contributed by atoms with E-state index in [1.807, 2.05) is 12.1 Å². The summed E-state index contributed by atoms with van der Waals surface area (Å²) in [5, 5.41) is 9.42. The van der Waals surface area contributed by atoms with E-state index in [4.69, 9.17) is 4.74 Å². The van der Waals surface area contributed by atoms with Crippen LogP contribution < -0.4 is 4.90 Å². The number of pyridine rings is 1. The summed E-state index contributed by atoms with van der Waals surface area (Å²) in [5.74, 6) is 1.60. The summed E-state index contributed by atoms with van der Waals surface area (Å²) in [5.41, 5.74) is 0.862. The lowest BCUT2D eigenvalue weighted by Gasteiger charge is -2.18. The van der Waals surface area contributed by atoms with Crippen LogP contribution in [0.3, 0.4) is 0 Å². The van der Waals surface area contributed by atoms with E-state index in [9.17, 15) is 5.11 Å². The molecule has 0 aromatic carbocycles. The highest BCUT2D eigenvalue weighted by Crippen LogP contribution is 2.23. The van der Waals surface area contributed by atoms with Crippen molar-refractivity contribution in [1.82, 2.24) is 4.98 Å². The molecule has 0 aliphatic carbocycles. The molecule has 2 unspecified atom stereocenters. The van der Waals surface area contributed by atoms with Crippen LogP contribution in [0, 0.1) is 5.92 Å². The van der Waals surface area contributed by atoms with Gasteiger partial charge in [0.1, 0.15) is 5.82 Å². The van der Waals surface area contributed by atoms with Crippen molar-refractivity contribution in [3.63, 3.8) is 0 Å². The maximum Gasteiger partial charge on any atom is 0.128 e. The fourth-order valence-corrected chi connectivity index (χ4v) is 2.24. The average molecular weight is 236 g/mol. The first-order valence-electron chi connectivity index (χ1n) is 6.08. The molecule has 1 aromatic rings. The first-order valence-corrected chi connectivity index (χ1v) is 6.08. The van der Waals surface area contributed by atoms with Gasteiger partial charge in [0.15, 0.2) is 0 Å². The van der Waals surface area contributed by atoms with Gasteiger partial charge >= 0.3 is 0 Å². The van der Waals surface area contributed by atoms with Crippen LogP contribution in [-0.4, -0.2) is 36.9 Å². The third-order valence-electron chi connectivity index (χ3n) is 3.27. The monoisotopic (exact) mass is 236 g/mol. The fourth-order valence-electron chi connectivity index (χ4n) is 2.24. The number of aliphatic hydroxyl groups excluding tert-OH is 1. The molecule has 1 saturated heterocycles. The minimum absolute atomic E-state index is 0.448. The molecule has 0 bridgehead atoms. The van der Waals surface area contributed by atoms with E-state index in [2.05, 4.69) is 9.88 Å². The van der Waals surface area contributed by atoms with Crippen molar-refractivity contribution < 1.29 is 9.84 Å². The van der Waals surface area contributed by atoms with E-state index in [-0.39, 0.29) is 0 Å². The van der Waals surface area contributed by atoms with Gasteiger partial charge in [-0.25, -0.2) is 4.98 Å². The van der Waals surface area contributed by atoms with Gasteiger partial charge in [-0.05, 0) is 25.0 Å². The Morgan fingerprint density at radius 1 is 1.59 bits per heavy atom. The zero-order chi connectivity index (χ0) is 12.3. The number of ether oxygens (including phenoxy) is 1. The number of anilines is 1. The summed E-state index contributed by atoms with van der Waals surface area (Å²) in [6, 6.07) is 3.92. The number of rotatable bonds is 4. The molecule has 2 rings (SSSR count). The minimum atomic E-state index is -0.448. The van der Waals surface area contributed by atoms with E-state index in [1.54, 1.807) is 20.2 Å². The first-order chi connectivity index (χ1) is 8.20. The second-order valence-corrected chi connectivity index (χ2v) is 4.68. The van der Waals surface area contributed by atoms with Crippen molar-refractivity contribution in [2.24, 2.45) is 5.92 Å². The van der Waals surface area contributed by atoms with E-state index >= 15 is 0 Å². The lowest BCUT2D eigenvalue weighted by Crippen LogP contribution is -2.21. The lowest BCUT2D eigenvalue weighted by molar-refractivity contribution is 0.161. The van der Waals surface area contributed by atoms with Gasteiger partial charge in [-0.15, -0.1) is 0 Å². The Morgan fingerprint density at radius 2 is 2.41 bits per heavy atom. The van der Waals surface area contributed by atoms with Crippen LogP contribution in [-0.2, 0) is 4.74 Å². The van der Waals surface area contributed by atoms with Gasteiger partial charge < -0.3 is 14.7 Å². The average Bonchev–Trinajstić information content (AvgIpc) is 2.78. The second kappa shape index (κ2) is 5.47. The highest BCUT2D eigenvalue weighted by atomic mass is 16.5. The standard InChI is InChI=1S/C13H20N2O2/c1-10(16)12-3-4-13(14-7-12)15-6-5-11(8-15)9-17-2/h3-4,7,10-11,16H,5-6,8-9H2,1-2H3. The Labute approximate surface area is 102 Å². The predicted molar refractivity (Wildman–Crippen MR) is 67.1 cm³/mol. The third kappa shape index (κ3) is 2.96. The Bertz CT molecular complexity index is 351. The van der Waals surface area contributed by atoms with Crippen molar-refractivity contribution in [1.29, 1.82) is 0 Å². The molecular formula is C13H20N2O2. The molecule has 1 fully saturated rings. The molecule has 2 heterocycles. The van der Waals surface area contributed by atoms with E-state index in [0.717, 1.165) is 37.5 Å². The maximum atomic E-state index is 9.42. The summed E-state index contributed by atoms with van der Waals surface area (Å²) in [6.45, 7) is 4.62.